The number of hydrogen-bond acceptors (Lipinski definition) is 3. The zero-order valence-corrected chi connectivity index (χ0v) is 15.5. The summed E-state index contributed by atoms with van der Waals surface area (Å²) in [4.78, 5) is 8.89. The highest BCUT2D eigenvalue weighted by molar-refractivity contribution is 5.83. The van der Waals surface area contributed by atoms with Gasteiger partial charge in [0.2, 0.25) is 0 Å². The summed E-state index contributed by atoms with van der Waals surface area (Å²) >= 11 is 0. The van der Waals surface area contributed by atoms with Crippen LogP contribution in [-0.2, 0) is 6.42 Å². The van der Waals surface area contributed by atoms with Gasteiger partial charge in [-0.2, -0.15) is 0 Å². The Balaban J connectivity index is 1.62. The summed E-state index contributed by atoms with van der Waals surface area (Å²) in [5.41, 5.74) is 4.39. The number of furan rings is 1. The van der Waals surface area contributed by atoms with Crippen LogP contribution in [0.15, 0.2) is 75.1 Å². The maximum atomic E-state index is 5.73. The summed E-state index contributed by atoms with van der Waals surface area (Å²) in [6, 6.07) is 20.2. The van der Waals surface area contributed by atoms with E-state index in [4.69, 9.17) is 4.42 Å². The number of rotatable bonds is 6. The van der Waals surface area contributed by atoms with E-state index in [-0.39, 0.29) is 0 Å². The lowest BCUT2D eigenvalue weighted by Gasteiger charge is -2.04. The van der Waals surface area contributed by atoms with Crippen LogP contribution >= 0.6 is 0 Å². The lowest BCUT2D eigenvalue weighted by molar-refractivity contribution is 0.553. The maximum Gasteiger partial charge on any atom is 0.145 e. The van der Waals surface area contributed by atoms with Gasteiger partial charge in [-0.1, -0.05) is 43.7 Å². The van der Waals surface area contributed by atoms with Crippen molar-refractivity contribution < 1.29 is 4.42 Å². The molecule has 0 spiro atoms. The molecule has 3 nitrogen and oxygen atoms in total. The summed E-state index contributed by atoms with van der Waals surface area (Å²) in [5.74, 6) is 2.08. The van der Waals surface area contributed by atoms with Crippen LogP contribution in [0.1, 0.15) is 36.5 Å². The first-order valence-corrected chi connectivity index (χ1v) is 8.92. The lowest BCUT2D eigenvalue weighted by Crippen LogP contribution is -1.92. The monoisotopic (exact) mass is 344 g/mol. The second-order valence-corrected chi connectivity index (χ2v) is 6.86. The molecular weight excluding hydrogens is 320 g/mol. The predicted molar refractivity (Wildman–Crippen MR) is 109 cm³/mol. The van der Waals surface area contributed by atoms with Gasteiger partial charge in [0.05, 0.1) is 23.8 Å². The lowest BCUT2D eigenvalue weighted by atomic mass is 10.0. The predicted octanol–water partition coefficient (Wildman–Crippen LogP) is 6.29. The largest absolute Gasteiger partial charge is 0.454 e. The Hall–Kier alpha value is -2.94. The van der Waals surface area contributed by atoms with Crippen LogP contribution < -0.4 is 0 Å². The SMILES string of the molecule is Cc1ccc(N=Cc2ccc(C=Nc3ccc(CC(C)C)cc3)o2)cc1. The molecule has 0 fully saturated rings. The highest BCUT2D eigenvalue weighted by Crippen LogP contribution is 2.16. The molecule has 3 rings (SSSR count). The van der Waals surface area contributed by atoms with E-state index in [1.807, 2.05) is 48.5 Å². The van der Waals surface area contributed by atoms with Crippen LogP contribution in [-0.4, -0.2) is 12.4 Å². The van der Waals surface area contributed by atoms with Crippen molar-refractivity contribution in [2.45, 2.75) is 27.2 Å². The average molecular weight is 344 g/mol. The molecule has 0 N–H and O–H groups in total. The first-order valence-electron chi connectivity index (χ1n) is 8.92. The Morgan fingerprint density at radius 3 is 1.77 bits per heavy atom. The molecule has 1 aromatic heterocycles. The van der Waals surface area contributed by atoms with E-state index in [0.717, 1.165) is 17.8 Å². The average Bonchev–Trinajstić information content (AvgIpc) is 3.08. The highest BCUT2D eigenvalue weighted by atomic mass is 16.3. The van der Waals surface area contributed by atoms with Gasteiger partial charge in [0.25, 0.3) is 0 Å². The normalized spacial score (nSPS) is 11.8. The van der Waals surface area contributed by atoms with Crippen molar-refractivity contribution >= 4 is 23.8 Å². The van der Waals surface area contributed by atoms with Crippen molar-refractivity contribution in [2.75, 3.05) is 0 Å². The zero-order chi connectivity index (χ0) is 18.4. The molecule has 0 aliphatic carbocycles. The van der Waals surface area contributed by atoms with Gasteiger partial charge in [0.15, 0.2) is 0 Å². The Morgan fingerprint density at radius 2 is 1.27 bits per heavy atom. The van der Waals surface area contributed by atoms with Gasteiger partial charge in [0, 0.05) is 0 Å². The molecule has 1 heterocycles. The third-order valence-corrected chi connectivity index (χ3v) is 3.94. The van der Waals surface area contributed by atoms with Gasteiger partial charge in [-0.05, 0) is 61.2 Å². The Morgan fingerprint density at radius 1 is 0.769 bits per heavy atom. The molecule has 3 aromatic rings. The summed E-state index contributed by atoms with van der Waals surface area (Å²) in [6.45, 7) is 6.51. The zero-order valence-electron chi connectivity index (χ0n) is 15.5. The fourth-order valence-corrected chi connectivity index (χ4v) is 2.60. The summed E-state index contributed by atoms with van der Waals surface area (Å²) in [6.07, 6.45) is 4.55. The Kier molecular flexibility index (Phi) is 5.80. The van der Waals surface area contributed by atoms with E-state index >= 15 is 0 Å². The molecule has 3 heteroatoms. The van der Waals surface area contributed by atoms with Crippen LogP contribution in [0.5, 0.6) is 0 Å². The topological polar surface area (TPSA) is 37.9 Å². The molecule has 0 aliphatic rings. The molecule has 0 saturated carbocycles. The van der Waals surface area contributed by atoms with Crippen LogP contribution in [0.25, 0.3) is 0 Å². The maximum absolute atomic E-state index is 5.73. The minimum atomic E-state index is 0.660. The van der Waals surface area contributed by atoms with Crippen LogP contribution in [0.2, 0.25) is 0 Å². The number of aliphatic imine (C=N–C) groups is 2. The van der Waals surface area contributed by atoms with Gasteiger partial charge in [-0.25, -0.2) is 0 Å². The van der Waals surface area contributed by atoms with Gasteiger partial charge in [0.1, 0.15) is 11.5 Å². The third kappa shape index (κ3) is 5.28. The van der Waals surface area contributed by atoms with Crippen LogP contribution in [0.3, 0.4) is 0 Å². The minimum absolute atomic E-state index is 0.660. The standard InChI is InChI=1S/C23H24N2O/c1-17(2)14-19-6-10-21(11-7-19)25-16-23-13-12-22(26-23)15-24-20-8-4-18(3)5-9-20/h4-13,15-17H,14H2,1-3H3. The number of benzene rings is 2. The van der Waals surface area contributed by atoms with E-state index in [2.05, 4.69) is 42.9 Å². The second-order valence-electron chi connectivity index (χ2n) is 6.86. The van der Waals surface area contributed by atoms with Crippen molar-refractivity contribution in [1.29, 1.82) is 0 Å². The molecule has 2 aromatic carbocycles. The molecule has 0 aliphatic heterocycles. The Labute approximate surface area is 155 Å². The first kappa shape index (κ1) is 17.9. The molecule has 132 valence electrons. The van der Waals surface area contributed by atoms with Crippen molar-refractivity contribution in [3.63, 3.8) is 0 Å². The number of aryl methyl sites for hydroxylation is 1. The van der Waals surface area contributed by atoms with Gasteiger partial charge in [-0.3, -0.25) is 9.98 Å². The fourth-order valence-electron chi connectivity index (χ4n) is 2.60. The van der Waals surface area contributed by atoms with Crippen molar-refractivity contribution in [1.82, 2.24) is 0 Å². The van der Waals surface area contributed by atoms with E-state index in [1.54, 1.807) is 12.4 Å². The van der Waals surface area contributed by atoms with Gasteiger partial charge < -0.3 is 4.42 Å². The third-order valence-electron chi connectivity index (χ3n) is 3.94. The van der Waals surface area contributed by atoms with Crippen LogP contribution in [0, 0.1) is 12.8 Å². The molecule has 26 heavy (non-hydrogen) atoms. The van der Waals surface area contributed by atoms with Crippen LogP contribution in [0.4, 0.5) is 11.4 Å². The molecule has 0 saturated heterocycles. The molecule has 0 amide bonds. The van der Waals surface area contributed by atoms with Gasteiger partial charge >= 0.3 is 0 Å². The van der Waals surface area contributed by atoms with E-state index in [1.165, 1.54) is 11.1 Å². The Bertz CT molecular complexity index is 885. The van der Waals surface area contributed by atoms with Crippen molar-refractivity contribution in [3.8, 4) is 0 Å². The van der Waals surface area contributed by atoms with Gasteiger partial charge in [-0.15, -0.1) is 0 Å². The molecule has 0 unspecified atom stereocenters. The quantitative estimate of drug-likeness (QED) is 0.484. The molecular formula is C23H24N2O. The summed E-state index contributed by atoms with van der Waals surface area (Å²) < 4.78 is 5.73. The summed E-state index contributed by atoms with van der Waals surface area (Å²) in [5, 5.41) is 0. The molecule has 0 radical (unpaired) electrons. The van der Waals surface area contributed by atoms with Crippen molar-refractivity contribution in [2.24, 2.45) is 15.9 Å². The highest BCUT2D eigenvalue weighted by Gasteiger charge is 1.99. The van der Waals surface area contributed by atoms with Crippen molar-refractivity contribution in [3.05, 3.63) is 83.3 Å². The number of nitrogens with zero attached hydrogens (tertiary/aromatic N) is 2. The van der Waals surface area contributed by atoms with E-state index in [0.29, 0.717) is 17.4 Å². The summed E-state index contributed by atoms with van der Waals surface area (Å²) in [7, 11) is 0. The molecule has 0 bridgehead atoms. The first-order chi connectivity index (χ1) is 12.6. The smallest absolute Gasteiger partial charge is 0.145 e. The number of hydrogen-bond donors (Lipinski definition) is 0. The van der Waals surface area contributed by atoms with E-state index in [9.17, 15) is 0 Å². The second kappa shape index (κ2) is 8.43. The minimum Gasteiger partial charge on any atom is -0.454 e. The molecule has 0 atom stereocenters. The van der Waals surface area contributed by atoms with E-state index < -0.39 is 0 Å². The fraction of sp³-hybridized carbons (Fsp3) is 0.217.